The van der Waals surface area contributed by atoms with E-state index in [2.05, 4.69) is 10.3 Å². The van der Waals surface area contributed by atoms with Gasteiger partial charge in [-0.2, -0.15) is 0 Å². The number of carbonyl (C=O) groups is 1. The zero-order chi connectivity index (χ0) is 17.1. The normalized spacial score (nSPS) is 13.5. The highest BCUT2D eigenvalue weighted by Gasteiger charge is 2.27. The molecule has 1 aliphatic carbocycles. The Hall–Kier alpha value is -2.34. The molecule has 0 radical (unpaired) electrons. The Morgan fingerprint density at radius 1 is 1.42 bits per heavy atom. The fourth-order valence-electron chi connectivity index (χ4n) is 2.15. The van der Waals surface area contributed by atoms with Crippen molar-refractivity contribution in [1.29, 1.82) is 0 Å². The molecule has 1 aromatic heterocycles. The van der Waals surface area contributed by atoms with Gasteiger partial charge in [0.25, 0.3) is 5.91 Å². The third-order valence-electron chi connectivity index (χ3n) is 3.56. The van der Waals surface area contributed by atoms with Crippen LogP contribution in [0.25, 0.3) is 0 Å². The van der Waals surface area contributed by atoms with Crippen molar-refractivity contribution in [1.82, 2.24) is 10.3 Å². The second-order valence-electron chi connectivity index (χ2n) is 5.44. The molecule has 0 saturated heterocycles. The van der Waals surface area contributed by atoms with Crippen LogP contribution in [0.2, 0.25) is 5.02 Å². The van der Waals surface area contributed by atoms with Gasteiger partial charge in [0.05, 0.1) is 12.1 Å². The summed E-state index contributed by atoms with van der Waals surface area (Å²) in [5.74, 6) is -0.523. The molecule has 0 atom stereocenters. The monoisotopic (exact) mass is 350 g/mol. The molecule has 2 aromatic rings. The molecule has 0 bridgehead atoms. The molecule has 1 aromatic carbocycles. The Morgan fingerprint density at radius 2 is 2.21 bits per heavy atom. The molecule has 126 valence electrons. The molecule has 1 fully saturated rings. The van der Waals surface area contributed by atoms with Gasteiger partial charge in [0.15, 0.2) is 11.6 Å². The van der Waals surface area contributed by atoms with Crippen molar-refractivity contribution in [3.8, 4) is 11.6 Å². The van der Waals surface area contributed by atoms with E-state index >= 15 is 0 Å². The molecular weight excluding hydrogens is 335 g/mol. The highest BCUT2D eigenvalue weighted by molar-refractivity contribution is 6.34. The summed E-state index contributed by atoms with van der Waals surface area (Å²) in [6, 6.07) is 6.03. The zero-order valence-electron chi connectivity index (χ0n) is 13.0. The summed E-state index contributed by atoms with van der Waals surface area (Å²) < 4.78 is 24.2. The molecular formula is C17H16ClFN2O3. The maximum atomic E-state index is 13.7. The van der Waals surface area contributed by atoms with Crippen molar-refractivity contribution in [3.05, 3.63) is 52.4 Å². The number of hydrogen-bond acceptors (Lipinski definition) is 4. The minimum Gasteiger partial charge on any atom is -0.494 e. The van der Waals surface area contributed by atoms with Crippen LogP contribution in [0, 0.1) is 5.82 Å². The van der Waals surface area contributed by atoms with E-state index in [4.69, 9.17) is 21.1 Å². The first-order valence-corrected chi connectivity index (χ1v) is 7.88. The van der Waals surface area contributed by atoms with E-state index in [-0.39, 0.29) is 34.9 Å². The fourth-order valence-corrected chi connectivity index (χ4v) is 2.37. The lowest BCUT2D eigenvalue weighted by Gasteiger charge is -2.12. The number of nitrogens with zero attached hydrogens (tertiary/aromatic N) is 1. The van der Waals surface area contributed by atoms with Crippen molar-refractivity contribution in [2.75, 3.05) is 7.11 Å². The number of aromatic nitrogens is 1. The number of amides is 1. The summed E-state index contributed by atoms with van der Waals surface area (Å²) in [5.41, 5.74) is 0.798. The van der Waals surface area contributed by atoms with Crippen LogP contribution in [0.3, 0.4) is 0 Å². The van der Waals surface area contributed by atoms with Gasteiger partial charge in [-0.25, -0.2) is 9.37 Å². The maximum absolute atomic E-state index is 13.7. The van der Waals surface area contributed by atoms with Gasteiger partial charge in [-0.15, -0.1) is 0 Å². The zero-order valence-corrected chi connectivity index (χ0v) is 13.8. The smallest absolute Gasteiger partial charge is 0.258 e. The van der Waals surface area contributed by atoms with Gasteiger partial charge in [-0.1, -0.05) is 17.7 Å². The maximum Gasteiger partial charge on any atom is 0.258 e. The molecule has 1 amide bonds. The lowest BCUT2D eigenvalue weighted by molar-refractivity contribution is 0.0945. The van der Waals surface area contributed by atoms with E-state index in [0.29, 0.717) is 5.56 Å². The van der Waals surface area contributed by atoms with Gasteiger partial charge >= 0.3 is 0 Å². The number of rotatable bonds is 6. The van der Waals surface area contributed by atoms with Gasteiger partial charge < -0.3 is 14.8 Å². The average Bonchev–Trinajstić information content (AvgIpc) is 3.37. The van der Waals surface area contributed by atoms with Crippen LogP contribution in [0.5, 0.6) is 11.6 Å². The van der Waals surface area contributed by atoms with Gasteiger partial charge in [0, 0.05) is 12.7 Å². The fraction of sp³-hybridized carbons (Fsp3) is 0.294. The molecule has 1 heterocycles. The first kappa shape index (κ1) is 16.5. The number of benzene rings is 1. The summed E-state index contributed by atoms with van der Waals surface area (Å²) in [4.78, 5) is 16.5. The van der Waals surface area contributed by atoms with Gasteiger partial charge in [-0.3, -0.25) is 4.79 Å². The Morgan fingerprint density at radius 3 is 2.88 bits per heavy atom. The predicted octanol–water partition coefficient (Wildman–Crippen LogP) is 3.35. The molecule has 0 aliphatic heterocycles. The van der Waals surface area contributed by atoms with Crippen LogP contribution in [0.15, 0.2) is 30.5 Å². The number of methoxy groups -OCH3 is 1. The lowest BCUT2D eigenvalue weighted by Crippen LogP contribution is -2.24. The topological polar surface area (TPSA) is 60.5 Å². The van der Waals surface area contributed by atoms with Crippen LogP contribution < -0.4 is 14.8 Å². The molecule has 1 saturated carbocycles. The molecule has 0 spiro atoms. The number of nitrogens with one attached hydrogen (secondary N) is 1. The first-order chi connectivity index (χ1) is 11.6. The molecule has 3 rings (SSSR count). The van der Waals surface area contributed by atoms with Gasteiger partial charge in [-0.05, 0) is 36.6 Å². The van der Waals surface area contributed by atoms with Crippen molar-refractivity contribution < 1.29 is 18.7 Å². The quantitative estimate of drug-likeness (QED) is 0.868. The number of halogens is 2. The second kappa shape index (κ2) is 7.05. The Balaban J connectivity index is 1.72. The Bertz CT molecular complexity index is 765. The van der Waals surface area contributed by atoms with Gasteiger partial charge in [0.1, 0.15) is 11.7 Å². The molecule has 1 N–H and O–H groups in total. The lowest BCUT2D eigenvalue weighted by atomic mass is 10.2. The van der Waals surface area contributed by atoms with E-state index in [1.54, 1.807) is 6.07 Å². The average molecular weight is 351 g/mol. The summed E-state index contributed by atoms with van der Waals surface area (Å²) in [7, 11) is 1.39. The van der Waals surface area contributed by atoms with Crippen molar-refractivity contribution in [2.45, 2.75) is 25.5 Å². The molecule has 7 heteroatoms. The van der Waals surface area contributed by atoms with Crippen molar-refractivity contribution in [2.24, 2.45) is 0 Å². The van der Waals surface area contributed by atoms with Crippen LogP contribution in [0.4, 0.5) is 4.39 Å². The number of hydrogen-bond donors (Lipinski definition) is 1. The largest absolute Gasteiger partial charge is 0.494 e. The van der Waals surface area contributed by atoms with E-state index in [9.17, 15) is 9.18 Å². The van der Waals surface area contributed by atoms with Crippen LogP contribution >= 0.6 is 11.6 Å². The van der Waals surface area contributed by atoms with Crippen molar-refractivity contribution >= 4 is 17.5 Å². The summed E-state index contributed by atoms with van der Waals surface area (Å²) in [5, 5.41) is 2.97. The third kappa shape index (κ3) is 3.76. The summed E-state index contributed by atoms with van der Waals surface area (Å²) >= 11 is 6.12. The minimum absolute atomic E-state index is 0.0956. The van der Waals surface area contributed by atoms with E-state index in [1.807, 2.05) is 0 Å². The van der Waals surface area contributed by atoms with E-state index in [0.717, 1.165) is 12.8 Å². The van der Waals surface area contributed by atoms with Gasteiger partial charge in [0.2, 0.25) is 5.88 Å². The first-order valence-electron chi connectivity index (χ1n) is 7.50. The SMILES string of the molecule is COc1ccc(CNC(=O)c2c(Cl)ccnc2OC2CC2)cc1F. The molecule has 5 nitrogen and oxygen atoms in total. The molecule has 1 aliphatic rings. The Kier molecular flexibility index (Phi) is 4.85. The van der Waals surface area contributed by atoms with Crippen LogP contribution in [-0.2, 0) is 6.54 Å². The highest BCUT2D eigenvalue weighted by atomic mass is 35.5. The minimum atomic E-state index is -0.485. The standard InChI is InChI=1S/C17H16ClFN2O3/c1-23-14-5-2-10(8-13(14)19)9-21-16(22)15-12(18)6-7-20-17(15)24-11-3-4-11/h2,5-8,11H,3-4,9H2,1H3,(H,21,22). The number of carbonyl (C=O) groups excluding carboxylic acids is 1. The molecule has 0 unspecified atom stereocenters. The van der Waals surface area contributed by atoms with Crippen LogP contribution in [0.1, 0.15) is 28.8 Å². The molecule has 24 heavy (non-hydrogen) atoms. The number of ether oxygens (including phenoxy) is 2. The summed E-state index contributed by atoms with van der Waals surface area (Å²) in [6.07, 6.45) is 3.48. The third-order valence-corrected chi connectivity index (χ3v) is 3.88. The Labute approximate surface area is 143 Å². The predicted molar refractivity (Wildman–Crippen MR) is 87.0 cm³/mol. The van der Waals surface area contributed by atoms with Crippen molar-refractivity contribution in [3.63, 3.8) is 0 Å². The number of pyridine rings is 1. The van der Waals surface area contributed by atoms with E-state index in [1.165, 1.54) is 31.5 Å². The van der Waals surface area contributed by atoms with Crippen LogP contribution in [-0.4, -0.2) is 24.1 Å². The second-order valence-corrected chi connectivity index (χ2v) is 5.85. The highest BCUT2D eigenvalue weighted by Crippen LogP contribution is 2.30. The summed E-state index contributed by atoms with van der Waals surface area (Å²) in [6.45, 7) is 0.147. The van der Waals surface area contributed by atoms with E-state index < -0.39 is 11.7 Å².